The average molecular weight is 224 g/mol. The van der Waals surface area contributed by atoms with E-state index in [-0.39, 0.29) is 11.0 Å². The maximum atomic E-state index is 12.8. The Labute approximate surface area is 90.9 Å². The number of hydrogen-bond donors (Lipinski definition) is 1. The van der Waals surface area contributed by atoms with E-state index >= 15 is 0 Å². The second kappa shape index (κ2) is 4.23. The molecule has 1 heterocycles. The Morgan fingerprint density at radius 2 is 2.13 bits per heavy atom. The quantitative estimate of drug-likeness (QED) is 0.851. The van der Waals surface area contributed by atoms with Gasteiger partial charge in [-0.1, -0.05) is 17.7 Å². The molecule has 0 spiro atoms. The Morgan fingerprint density at radius 3 is 2.87 bits per heavy atom. The molecule has 1 aromatic heterocycles. The largest absolute Gasteiger partial charge is 0.339 e. The molecule has 0 atom stereocenters. The number of rotatable bonds is 2. The van der Waals surface area contributed by atoms with Gasteiger partial charge in [-0.05, 0) is 18.2 Å². The van der Waals surface area contributed by atoms with Gasteiger partial charge in [-0.3, -0.25) is 4.98 Å². The van der Waals surface area contributed by atoms with Crippen molar-refractivity contribution in [2.75, 3.05) is 5.32 Å². The maximum absolute atomic E-state index is 12.8. The van der Waals surface area contributed by atoms with Gasteiger partial charge in [-0.2, -0.15) is 0 Å². The molecule has 0 saturated carbocycles. The number of halogens is 2. The van der Waals surface area contributed by atoms with Crippen LogP contribution in [0.25, 0.3) is 0 Å². The van der Waals surface area contributed by atoms with Gasteiger partial charge >= 0.3 is 0 Å². The molecule has 0 amide bonds. The molecule has 0 unspecified atom stereocenters. The molecule has 0 saturated heterocycles. The molecule has 0 fully saturated rings. The third kappa shape index (κ3) is 2.63. The van der Waals surface area contributed by atoms with Crippen LogP contribution in [0.15, 0.2) is 36.7 Å². The number of aromatic nitrogens is 2. The van der Waals surface area contributed by atoms with Crippen molar-refractivity contribution in [3.63, 3.8) is 0 Å². The van der Waals surface area contributed by atoms with Gasteiger partial charge in [0.05, 0.1) is 12.4 Å². The molecule has 1 aromatic carbocycles. The topological polar surface area (TPSA) is 37.8 Å². The summed E-state index contributed by atoms with van der Waals surface area (Å²) in [6.45, 7) is 0. The minimum Gasteiger partial charge on any atom is -0.339 e. The minimum atomic E-state index is -0.310. The normalized spacial score (nSPS) is 10.0. The summed E-state index contributed by atoms with van der Waals surface area (Å²) in [5.41, 5.74) is 0.603. The first-order valence-corrected chi connectivity index (χ1v) is 4.62. The molecular formula is C10H7ClFN3. The van der Waals surface area contributed by atoms with Crippen molar-refractivity contribution in [2.45, 2.75) is 0 Å². The Bertz CT molecular complexity index is 432. The summed E-state index contributed by atoms with van der Waals surface area (Å²) in [6.07, 6.45) is 2.94. The molecule has 2 rings (SSSR count). The fourth-order valence-corrected chi connectivity index (χ4v) is 1.26. The van der Waals surface area contributed by atoms with E-state index in [9.17, 15) is 4.39 Å². The zero-order chi connectivity index (χ0) is 10.7. The molecule has 0 aliphatic rings. The fourth-order valence-electron chi connectivity index (χ4n) is 1.12. The van der Waals surface area contributed by atoms with Gasteiger partial charge in [-0.15, -0.1) is 0 Å². The van der Waals surface area contributed by atoms with Crippen molar-refractivity contribution < 1.29 is 4.39 Å². The fraction of sp³-hybridized carbons (Fsp3) is 0. The lowest BCUT2D eigenvalue weighted by Gasteiger charge is -2.04. The smallest absolute Gasteiger partial charge is 0.150 e. The molecule has 0 aliphatic carbocycles. The van der Waals surface area contributed by atoms with Crippen LogP contribution in [-0.2, 0) is 0 Å². The van der Waals surface area contributed by atoms with E-state index in [1.165, 1.54) is 24.5 Å². The molecule has 3 nitrogen and oxygen atoms in total. The summed E-state index contributed by atoms with van der Waals surface area (Å²) in [7, 11) is 0. The van der Waals surface area contributed by atoms with E-state index in [1.807, 2.05) is 0 Å². The Hall–Kier alpha value is -1.68. The first-order chi connectivity index (χ1) is 7.24. The van der Waals surface area contributed by atoms with Crippen LogP contribution in [0.1, 0.15) is 0 Å². The molecule has 15 heavy (non-hydrogen) atoms. The highest BCUT2D eigenvalue weighted by molar-refractivity contribution is 6.29. The van der Waals surface area contributed by atoms with Crippen molar-refractivity contribution >= 4 is 23.1 Å². The molecule has 0 radical (unpaired) electrons. The summed E-state index contributed by atoms with van der Waals surface area (Å²) < 4.78 is 12.8. The van der Waals surface area contributed by atoms with Crippen molar-refractivity contribution in [3.05, 3.63) is 47.6 Å². The second-order valence-corrected chi connectivity index (χ2v) is 3.25. The number of benzene rings is 1. The lowest BCUT2D eigenvalue weighted by molar-refractivity contribution is 0.628. The van der Waals surface area contributed by atoms with Crippen molar-refractivity contribution in [2.24, 2.45) is 0 Å². The number of nitrogens with one attached hydrogen (secondary N) is 1. The summed E-state index contributed by atoms with van der Waals surface area (Å²) in [5.74, 6) is 0.170. The first kappa shape index (κ1) is 9.86. The van der Waals surface area contributed by atoms with Crippen molar-refractivity contribution in [1.29, 1.82) is 0 Å². The molecule has 0 bridgehead atoms. The van der Waals surface area contributed by atoms with E-state index in [1.54, 1.807) is 12.1 Å². The van der Waals surface area contributed by atoms with E-state index in [0.29, 0.717) is 11.5 Å². The van der Waals surface area contributed by atoms with Crippen LogP contribution in [0, 0.1) is 5.82 Å². The summed E-state index contributed by atoms with van der Waals surface area (Å²) in [5, 5.41) is 3.18. The zero-order valence-electron chi connectivity index (χ0n) is 7.61. The van der Waals surface area contributed by atoms with Crippen LogP contribution in [0.3, 0.4) is 0 Å². The number of nitrogens with zero attached hydrogens (tertiary/aromatic N) is 2. The van der Waals surface area contributed by atoms with Gasteiger partial charge in [-0.25, -0.2) is 9.37 Å². The number of anilines is 2. The van der Waals surface area contributed by atoms with Gasteiger partial charge in [0.1, 0.15) is 11.0 Å². The predicted octanol–water partition coefficient (Wildman–Crippen LogP) is 3.01. The monoisotopic (exact) mass is 223 g/mol. The third-order valence-corrected chi connectivity index (χ3v) is 1.88. The molecular weight excluding hydrogens is 217 g/mol. The Morgan fingerprint density at radius 1 is 1.27 bits per heavy atom. The molecule has 0 aliphatic heterocycles. The summed E-state index contributed by atoms with van der Waals surface area (Å²) >= 11 is 5.65. The van der Waals surface area contributed by atoms with Gasteiger partial charge in [0.2, 0.25) is 0 Å². The van der Waals surface area contributed by atoms with Gasteiger partial charge in [0.25, 0.3) is 0 Å². The SMILES string of the molecule is Fc1cccc(Nc2cncc(Cl)n2)c1. The highest BCUT2D eigenvalue weighted by Gasteiger charge is 1.98. The van der Waals surface area contributed by atoms with Gasteiger partial charge in [0, 0.05) is 5.69 Å². The predicted molar refractivity (Wildman–Crippen MR) is 56.7 cm³/mol. The summed E-state index contributed by atoms with van der Waals surface area (Å²) in [4.78, 5) is 7.82. The lowest BCUT2D eigenvalue weighted by atomic mass is 10.3. The molecule has 5 heteroatoms. The highest BCUT2D eigenvalue weighted by atomic mass is 35.5. The number of hydrogen-bond acceptors (Lipinski definition) is 3. The maximum Gasteiger partial charge on any atom is 0.150 e. The van der Waals surface area contributed by atoms with Gasteiger partial charge < -0.3 is 5.32 Å². The second-order valence-electron chi connectivity index (χ2n) is 2.86. The van der Waals surface area contributed by atoms with Crippen molar-refractivity contribution in [1.82, 2.24) is 9.97 Å². The minimum absolute atomic E-state index is 0.288. The summed E-state index contributed by atoms with van der Waals surface area (Å²) in [6, 6.07) is 6.07. The molecule has 1 N–H and O–H groups in total. The average Bonchev–Trinajstić information content (AvgIpc) is 2.17. The Balaban J connectivity index is 2.22. The van der Waals surface area contributed by atoms with E-state index in [4.69, 9.17) is 11.6 Å². The first-order valence-electron chi connectivity index (χ1n) is 4.24. The molecule has 76 valence electrons. The standard InChI is InChI=1S/C10H7ClFN3/c11-9-5-13-6-10(15-9)14-8-3-1-2-7(12)4-8/h1-6H,(H,14,15). The van der Waals surface area contributed by atoms with Crippen LogP contribution in [0.5, 0.6) is 0 Å². The van der Waals surface area contributed by atoms with Crippen LogP contribution < -0.4 is 5.32 Å². The Kier molecular flexibility index (Phi) is 2.78. The lowest BCUT2D eigenvalue weighted by Crippen LogP contribution is -1.94. The van der Waals surface area contributed by atoms with Crippen molar-refractivity contribution in [3.8, 4) is 0 Å². The van der Waals surface area contributed by atoms with Crippen LogP contribution >= 0.6 is 11.6 Å². The van der Waals surface area contributed by atoms with E-state index in [2.05, 4.69) is 15.3 Å². The van der Waals surface area contributed by atoms with E-state index in [0.717, 1.165) is 0 Å². The van der Waals surface area contributed by atoms with Crippen LogP contribution in [0.4, 0.5) is 15.9 Å². The van der Waals surface area contributed by atoms with Crippen LogP contribution in [-0.4, -0.2) is 9.97 Å². The third-order valence-electron chi connectivity index (χ3n) is 1.70. The highest BCUT2D eigenvalue weighted by Crippen LogP contribution is 2.15. The zero-order valence-corrected chi connectivity index (χ0v) is 8.37. The molecule has 2 aromatic rings. The van der Waals surface area contributed by atoms with E-state index < -0.39 is 0 Å². The van der Waals surface area contributed by atoms with Gasteiger partial charge in [0.15, 0.2) is 5.82 Å². The van der Waals surface area contributed by atoms with Crippen LogP contribution in [0.2, 0.25) is 5.15 Å².